The lowest BCUT2D eigenvalue weighted by Crippen LogP contribution is -1.91. The maximum Gasteiger partial charge on any atom is 0.216 e. The molecule has 18 heavy (non-hydrogen) atoms. The third-order valence-corrected chi connectivity index (χ3v) is 3.78. The van der Waals surface area contributed by atoms with Gasteiger partial charge in [-0.25, -0.2) is 5.10 Å². The summed E-state index contributed by atoms with van der Waals surface area (Å²) in [7, 11) is 0. The van der Waals surface area contributed by atoms with E-state index in [1.54, 1.807) is 0 Å². The average Bonchev–Trinajstić information content (AvgIpc) is 2.94. The molecule has 0 amide bonds. The molecule has 2 aromatic rings. The van der Waals surface area contributed by atoms with Crippen LogP contribution < -0.4 is 10.5 Å². The maximum atomic E-state index is 6.09. The monoisotopic (exact) mass is 282 g/mol. The quantitative estimate of drug-likeness (QED) is 0.845. The van der Waals surface area contributed by atoms with E-state index in [2.05, 4.69) is 15.2 Å². The van der Waals surface area contributed by atoms with Crippen LogP contribution in [0.15, 0.2) is 17.3 Å². The third-order valence-electron chi connectivity index (χ3n) is 2.66. The first kappa shape index (κ1) is 11.7. The normalized spacial score (nSPS) is 13.4. The minimum atomic E-state index is 0.324. The van der Waals surface area contributed by atoms with E-state index < -0.39 is 0 Å². The van der Waals surface area contributed by atoms with E-state index in [9.17, 15) is 0 Å². The molecule has 0 radical (unpaired) electrons. The molecule has 1 aromatic carbocycles. The molecule has 3 rings (SSSR count). The summed E-state index contributed by atoms with van der Waals surface area (Å²) < 4.78 is 5.63. The number of aromatic nitrogens is 3. The van der Waals surface area contributed by atoms with Gasteiger partial charge in [0.2, 0.25) is 11.1 Å². The van der Waals surface area contributed by atoms with Crippen LogP contribution in [0, 0.1) is 0 Å². The summed E-state index contributed by atoms with van der Waals surface area (Å²) in [5.74, 6) is 1.99. The van der Waals surface area contributed by atoms with Crippen molar-refractivity contribution in [2.45, 2.75) is 17.3 Å². The predicted molar refractivity (Wildman–Crippen MR) is 71.0 cm³/mol. The summed E-state index contributed by atoms with van der Waals surface area (Å²) >= 11 is 7.59. The van der Waals surface area contributed by atoms with Crippen LogP contribution in [0.5, 0.6) is 5.75 Å². The molecule has 0 bridgehead atoms. The summed E-state index contributed by atoms with van der Waals surface area (Å²) in [5.41, 5.74) is 7.72. The average molecular weight is 283 g/mol. The Morgan fingerprint density at radius 2 is 2.39 bits per heavy atom. The van der Waals surface area contributed by atoms with Crippen molar-refractivity contribution in [3.63, 3.8) is 0 Å². The number of fused-ring (bicyclic) bond motifs is 1. The topological polar surface area (TPSA) is 76.8 Å². The Balaban J connectivity index is 1.80. The lowest BCUT2D eigenvalue weighted by molar-refractivity contribution is 0.354. The molecule has 1 aliphatic rings. The first-order valence-corrected chi connectivity index (χ1v) is 6.83. The van der Waals surface area contributed by atoms with Gasteiger partial charge in [-0.3, -0.25) is 0 Å². The van der Waals surface area contributed by atoms with Gasteiger partial charge in [0.25, 0.3) is 0 Å². The fourth-order valence-corrected chi connectivity index (χ4v) is 2.95. The van der Waals surface area contributed by atoms with Crippen molar-refractivity contribution in [3.8, 4) is 5.75 Å². The number of aromatic amines is 1. The highest BCUT2D eigenvalue weighted by Gasteiger charge is 2.18. The first-order valence-electron chi connectivity index (χ1n) is 5.47. The smallest absolute Gasteiger partial charge is 0.216 e. The molecule has 0 atom stereocenters. The highest BCUT2D eigenvalue weighted by molar-refractivity contribution is 7.98. The molecule has 0 unspecified atom stereocenters. The number of ether oxygens (including phenoxy) is 1. The SMILES string of the molecule is Nc1nc(SCc2cc(Cl)cc3c2OCC3)n[nH]1. The Morgan fingerprint density at radius 1 is 1.50 bits per heavy atom. The predicted octanol–water partition coefficient (Wildman–Crippen LogP) is 2.27. The molecular formula is C11H11ClN4OS. The van der Waals surface area contributed by atoms with Crippen molar-refractivity contribution in [1.82, 2.24) is 15.2 Å². The van der Waals surface area contributed by atoms with Gasteiger partial charge in [-0.15, -0.1) is 5.10 Å². The van der Waals surface area contributed by atoms with Crippen molar-refractivity contribution >= 4 is 29.3 Å². The zero-order valence-electron chi connectivity index (χ0n) is 9.44. The van der Waals surface area contributed by atoms with E-state index in [-0.39, 0.29) is 0 Å². The first-order chi connectivity index (χ1) is 8.72. The van der Waals surface area contributed by atoms with E-state index in [1.807, 2.05) is 12.1 Å². The summed E-state index contributed by atoms with van der Waals surface area (Å²) in [6.07, 6.45) is 0.918. The third kappa shape index (κ3) is 2.26. The number of nitrogen functional groups attached to an aromatic ring is 1. The number of nitrogens with zero attached hydrogens (tertiary/aromatic N) is 2. The molecular weight excluding hydrogens is 272 g/mol. The van der Waals surface area contributed by atoms with Gasteiger partial charge in [0.05, 0.1) is 6.61 Å². The molecule has 0 saturated heterocycles. The van der Waals surface area contributed by atoms with Gasteiger partial charge < -0.3 is 10.5 Å². The number of thioether (sulfide) groups is 1. The second-order valence-corrected chi connectivity index (χ2v) is 5.32. The van der Waals surface area contributed by atoms with Gasteiger partial charge >= 0.3 is 0 Å². The summed E-state index contributed by atoms with van der Waals surface area (Å²) in [6, 6.07) is 3.89. The van der Waals surface area contributed by atoms with E-state index in [0.29, 0.717) is 16.9 Å². The molecule has 0 fully saturated rings. The van der Waals surface area contributed by atoms with E-state index in [0.717, 1.165) is 29.4 Å². The van der Waals surface area contributed by atoms with Crippen LogP contribution in [0.3, 0.4) is 0 Å². The minimum Gasteiger partial charge on any atom is -0.493 e. The largest absolute Gasteiger partial charge is 0.493 e. The van der Waals surface area contributed by atoms with Crippen molar-refractivity contribution in [2.24, 2.45) is 0 Å². The minimum absolute atomic E-state index is 0.324. The Bertz CT molecular complexity index is 586. The number of hydrogen-bond acceptors (Lipinski definition) is 5. The van der Waals surface area contributed by atoms with Gasteiger partial charge in [0, 0.05) is 22.8 Å². The summed E-state index contributed by atoms with van der Waals surface area (Å²) in [5, 5.41) is 7.95. The Kier molecular flexibility index (Phi) is 3.05. The second kappa shape index (κ2) is 4.70. The van der Waals surface area contributed by atoms with Crippen LogP contribution in [-0.2, 0) is 12.2 Å². The zero-order valence-corrected chi connectivity index (χ0v) is 11.0. The van der Waals surface area contributed by atoms with Crippen LogP contribution in [0.1, 0.15) is 11.1 Å². The van der Waals surface area contributed by atoms with Crippen LogP contribution in [0.25, 0.3) is 0 Å². The molecule has 1 aromatic heterocycles. The lowest BCUT2D eigenvalue weighted by Gasteiger charge is -2.07. The number of benzene rings is 1. The van der Waals surface area contributed by atoms with Gasteiger partial charge in [0.1, 0.15) is 5.75 Å². The number of anilines is 1. The Labute approximate surface area is 113 Å². The van der Waals surface area contributed by atoms with Crippen LogP contribution >= 0.6 is 23.4 Å². The maximum absolute atomic E-state index is 6.09. The van der Waals surface area contributed by atoms with Gasteiger partial charge in [-0.05, 0) is 17.7 Å². The molecule has 7 heteroatoms. The Morgan fingerprint density at radius 3 is 3.17 bits per heavy atom. The number of nitrogens with two attached hydrogens (primary N) is 1. The number of nitrogens with one attached hydrogen (secondary N) is 1. The van der Waals surface area contributed by atoms with E-state index >= 15 is 0 Å². The second-order valence-electron chi connectivity index (χ2n) is 3.94. The standard InChI is InChI=1S/C11H11ClN4OS/c12-8-3-6-1-2-17-9(6)7(4-8)5-18-11-14-10(13)15-16-11/h3-4H,1-2,5H2,(H3,13,14,15,16). The van der Waals surface area contributed by atoms with Gasteiger partial charge in [0.15, 0.2) is 0 Å². The van der Waals surface area contributed by atoms with Crippen molar-refractivity contribution in [2.75, 3.05) is 12.3 Å². The lowest BCUT2D eigenvalue weighted by atomic mass is 10.1. The Hall–Kier alpha value is -1.40. The number of halogens is 1. The summed E-state index contributed by atoms with van der Waals surface area (Å²) in [4.78, 5) is 4.04. The highest BCUT2D eigenvalue weighted by atomic mass is 35.5. The molecule has 0 saturated carbocycles. The van der Waals surface area contributed by atoms with Crippen LogP contribution in [0.2, 0.25) is 5.02 Å². The fraction of sp³-hybridized carbons (Fsp3) is 0.273. The number of hydrogen-bond donors (Lipinski definition) is 2. The molecule has 1 aliphatic heterocycles. The van der Waals surface area contributed by atoms with Crippen molar-refractivity contribution in [3.05, 3.63) is 28.3 Å². The summed E-state index contributed by atoms with van der Waals surface area (Å²) in [6.45, 7) is 0.723. The van der Waals surface area contributed by atoms with Crippen LogP contribution in [0.4, 0.5) is 5.95 Å². The molecule has 94 valence electrons. The molecule has 3 N–H and O–H groups in total. The van der Waals surface area contributed by atoms with E-state index in [1.165, 1.54) is 17.3 Å². The number of H-pyrrole nitrogens is 1. The van der Waals surface area contributed by atoms with Gasteiger partial charge in [-0.1, -0.05) is 23.4 Å². The zero-order chi connectivity index (χ0) is 12.5. The number of rotatable bonds is 3. The van der Waals surface area contributed by atoms with Gasteiger partial charge in [-0.2, -0.15) is 4.98 Å². The van der Waals surface area contributed by atoms with Crippen molar-refractivity contribution < 1.29 is 4.74 Å². The highest BCUT2D eigenvalue weighted by Crippen LogP contribution is 2.35. The molecule has 2 heterocycles. The van der Waals surface area contributed by atoms with Crippen LogP contribution in [-0.4, -0.2) is 21.8 Å². The van der Waals surface area contributed by atoms with Crippen molar-refractivity contribution in [1.29, 1.82) is 0 Å². The molecule has 0 spiro atoms. The van der Waals surface area contributed by atoms with E-state index in [4.69, 9.17) is 22.1 Å². The molecule has 5 nitrogen and oxygen atoms in total. The fourth-order valence-electron chi connectivity index (χ4n) is 1.92. The molecule has 0 aliphatic carbocycles.